The zero-order valence-corrected chi connectivity index (χ0v) is 15.2. The number of thioether (sulfide) groups is 2. The van der Waals surface area contributed by atoms with Crippen molar-refractivity contribution >= 4 is 29.5 Å². The zero-order valence-electron chi connectivity index (χ0n) is 13.6. The molecule has 1 aliphatic heterocycles. The maximum Gasteiger partial charge on any atom is 0.350 e. The lowest BCUT2D eigenvalue weighted by molar-refractivity contribution is -0.139. The lowest BCUT2D eigenvalue weighted by Gasteiger charge is -2.07. The molecule has 0 N–H and O–H groups in total. The van der Waals surface area contributed by atoms with E-state index in [1.807, 2.05) is 0 Å². The second-order valence-electron chi connectivity index (χ2n) is 5.01. The first-order valence-corrected chi connectivity index (χ1v) is 8.94. The molecule has 1 aliphatic rings. The van der Waals surface area contributed by atoms with E-state index in [0.29, 0.717) is 0 Å². The number of aromatic nitrogens is 2. The van der Waals surface area contributed by atoms with E-state index in [4.69, 9.17) is 15.3 Å². The number of hydrogen-bond acceptors (Lipinski definition) is 9. The molecule has 7 nitrogen and oxygen atoms in total. The molecule has 28 heavy (non-hydrogen) atoms. The average molecular weight is 413 g/mol. The summed E-state index contributed by atoms with van der Waals surface area (Å²) in [6.07, 6.45) is 0. The van der Waals surface area contributed by atoms with Gasteiger partial charge in [0.25, 0.3) is 0 Å². The van der Waals surface area contributed by atoms with Crippen LogP contribution in [0.4, 0.5) is 8.78 Å². The Bertz CT molecular complexity index is 1100. The van der Waals surface area contributed by atoms with Gasteiger partial charge in [-0.2, -0.15) is 15.8 Å². The molecule has 2 heterocycles. The Morgan fingerprint density at radius 3 is 2.04 bits per heavy atom. The molecule has 0 spiro atoms. The molecule has 0 bridgehead atoms. The highest BCUT2D eigenvalue weighted by Gasteiger charge is 2.29. The molecule has 1 aromatic carbocycles. The van der Waals surface area contributed by atoms with Crippen LogP contribution in [0.25, 0.3) is 0 Å². The summed E-state index contributed by atoms with van der Waals surface area (Å²) in [5, 5.41) is 27.8. The molecule has 0 aliphatic carbocycles. The molecule has 11 heteroatoms. The summed E-state index contributed by atoms with van der Waals surface area (Å²) in [6.45, 7) is -0.689. The van der Waals surface area contributed by atoms with Crippen LogP contribution in [0.2, 0.25) is 0 Å². The van der Waals surface area contributed by atoms with Crippen LogP contribution in [-0.2, 0) is 16.1 Å². The Kier molecular flexibility index (Phi) is 5.55. The van der Waals surface area contributed by atoms with Crippen LogP contribution in [-0.4, -0.2) is 15.9 Å². The molecule has 0 radical (unpaired) electrons. The fourth-order valence-electron chi connectivity index (χ4n) is 2.05. The first kappa shape index (κ1) is 19.3. The third-order valence-corrected chi connectivity index (χ3v) is 5.72. The minimum absolute atomic E-state index is 0.174. The standard InChI is InChI=1S/C17H5F2N5O2S2/c18-10-2-1-3-11(19)9(10)7-26-16(25)8(4-20)17-27-14-15(28-17)24-13(6-22)12(5-21)23-14/h1-3H,7H2. The van der Waals surface area contributed by atoms with Crippen molar-refractivity contribution in [1.29, 1.82) is 15.8 Å². The molecule has 0 amide bonds. The molecular formula is C17H5F2N5O2S2. The summed E-state index contributed by atoms with van der Waals surface area (Å²) in [6, 6.07) is 8.39. The molecule has 0 atom stereocenters. The summed E-state index contributed by atoms with van der Waals surface area (Å²) in [5.41, 5.74) is -1.18. The van der Waals surface area contributed by atoms with Gasteiger partial charge >= 0.3 is 5.97 Å². The van der Waals surface area contributed by atoms with Crippen molar-refractivity contribution in [3.05, 3.63) is 56.6 Å². The Morgan fingerprint density at radius 1 is 1.04 bits per heavy atom. The first-order valence-electron chi connectivity index (χ1n) is 7.30. The summed E-state index contributed by atoms with van der Waals surface area (Å²) in [7, 11) is 0. The smallest absolute Gasteiger partial charge is 0.350 e. The van der Waals surface area contributed by atoms with Gasteiger partial charge in [0.2, 0.25) is 0 Å². The average Bonchev–Trinajstić information content (AvgIpc) is 3.09. The van der Waals surface area contributed by atoms with Crippen molar-refractivity contribution in [2.75, 3.05) is 0 Å². The van der Waals surface area contributed by atoms with E-state index in [0.717, 1.165) is 35.7 Å². The van der Waals surface area contributed by atoms with E-state index in [1.54, 1.807) is 18.2 Å². The first-order chi connectivity index (χ1) is 13.5. The SMILES string of the molecule is N#CC(C(=O)OCc1c(F)cccc1F)=C1Sc2nc(C#N)c(C#N)nc2S1. The summed E-state index contributed by atoms with van der Waals surface area (Å²) < 4.78 is 32.3. The van der Waals surface area contributed by atoms with Gasteiger partial charge in [0, 0.05) is 0 Å². The van der Waals surface area contributed by atoms with Gasteiger partial charge in [0.15, 0.2) is 17.0 Å². The number of nitriles is 3. The minimum Gasteiger partial charge on any atom is -0.456 e. The molecule has 136 valence electrons. The van der Waals surface area contributed by atoms with Crippen molar-refractivity contribution in [2.45, 2.75) is 16.7 Å². The van der Waals surface area contributed by atoms with Crippen molar-refractivity contribution < 1.29 is 18.3 Å². The molecule has 3 rings (SSSR count). The zero-order chi connectivity index (χ0) is 20.3. The Hall–Kier alpha value is -3.46. The largest absolute Gasteiger partial charge is 0.456 e. The van der Waals surface area contributed by atoms with Gasteiger partial charge in [-0.1, -0.05) is 29.6 Å². The Labute approximate surface area is 165 Å². The van der Waals surface area contributed by atoms with Crippen LogP contribution < -0.4 is 0 Å². The number of hydrogen-bond donors (Lipinski definition) is 0. The van der Waals surface area contributed by atoms with Crippen LogP contribution >= 0.6 is 23.5 Å². The van der Waals surface area contributed by atoms with Crippen molar-refractivity contribution in [2.24, 2.45) is 0 Å². The molecule has 0 unspecified atom stereocenters. The number of rotatable bonds is 3. The lowest BCUT2D eigenvalue weighted by atomic mass is 10.2. The molecular weight excluding hydrogens is 408 g/mol. The molecule has 0 fully saturated rings. The van der Waals surface area contributed by atoms with E-state index in [2.05, 4.69) is 9.97 Å². The number of carbonyl (C=O) groups is 1. The number of nitrogens with zero attached hydrogens (tertiary/aromatic N) is 5. The van der Waals surface area contributed by atoms with Gasteiger partial charge < -0.3 is 4.74 Å². The van der Waals surface area contributed by atoms with E-state index >= 15 is 0 Å². The van der Waals surface area contributed by atoms with Gasteiger partial charge in [-0.3, -0.25) is 0 Å². The van der Waals surface area contributed by atoms with Gasteiger partial charge in [-0.25, -0.2) is 23.5 Å². The highest BCUT2D eigenvalue weighted by atomic mass is 32.2. The molecule has 0 saturated heterocycles. The van der Waals surface area contributed by atoms with Crippen LogP contribution in [0.3, 0.4) is 0 Å². The van der Waals surface area contributed by atoms with Gasteiger partial charge in [0.05, 0.1) is 9.80 Å². The molecule has 2 aromatic rings. The Morgan fingerprint density at radius 2 is 1.57 bits per heavy atom. The quantitative estimate of drug-likeness (QED) is 0.424. The van der Waals surface area contributed by atoms with Crippen LogP contribution in [0.15, 0.2) is 38.1 Å². The van der Waals surface area contributed by atoms with Crippen LogP contribution in [0, 0.1) is 45.6 Å². The monoisotopic (exact) mass is 413 g/mol. The minimum atomic E-state index is -1.08. The van der Waals surface area contributed by atoms with Gasteiger partial charge in [-0.05, 0) is 12.1 Å². The predicted molar refractivity (Wildman–Crippen MR) is 92.0 cm³/mol. The van der Waals surface area contributed by atoms with E-state index < -0.39 is 35.3 Å². The fourth-order valence-corrected chi connectivity index (χ4v) is 4.29. The topological polar surface area (TPSA) is 123 Å². The van der Waals surface area contributed by atoms with E-state index in [-0.39, 0.29) is 25.7 Å². The fraction of sp³-hybridized carbons (Fsp3) is 0.0588. The van der Waals surface area contributed by atoms with Gasteiger partial charge in [-0.15, -0.1) is 0 Å². The van der Waals surface area contributed by atoms with E-state index in [9.17, 15) is 18.8 Å². The number of halogens is 2. The Balaban J connectivity index is 1.84. The number of benzene rings is 1. The predicted octanol–water partition coefficient (Wildman–Crippen LogP) is 3.17. The molecule has 1 aromatic heterocycles. The van der Waals surface area contributed by atoms with E-state index in [1.165, 1.54) is 6.07 Å². The van der Waals surface area contributed by atoms with Gasteiger partial charge in [0.1, 0.15) is 46.5 Å². The highest BCUT2D eigenvalue weighted by Crippen LogP contribution is 2.50. The number of esters is 1. The summed E-state index contributed by atoms with van der Waals surface area (Å²) >= 11 is 1.82. The van der Waals surface area contributed by atoms with Crippen LogP contribution in [0.5, 0.6) is 0 Å². The van der Waals surface area contributed by atoms with Crippen LogP contribution in [0.1, 0.15) is 17.0 Å². The molecule has 0 saturated carbocycles. The summed E-state index contributed by atoms with van der Waals surface area (Å²) in [5.74, 6) is -2.83. The number of carbonyl (C=O) groups excluding carboxylic acids is 1. The summed E-state index contributed by atoms with van der Waals surface area (Å²) in [4.78, 5) is 20.2. The third-order valence-electron chi connectivity index (χ3n) is 3.35. The second kappa shape index (κ2) is 8.05. The lowest BCUT2D eigenvalue weighted by Crippen LogP contribution is -2.09. The third kappa shape index (κ3) is 3.65. The maximum atomic E-state index is 13.6. The number of fused-ring (bicyclic) bond motifs is 1. The maximum absolute atomic E-state index is 13.6. The number of ether oxygens (including phenoxy) is 1. The normalized spacial score (nSPS) is 11.8. The van der Waals surface area contributed by atoms with Crippen molar-refractivity contribution in [3.63, 3.8) is 0 Å². The second-order valence-corrected chi connectivity index (χ2v) is 7.27. The highest BCUT2D eigenvalue weighted by molar-refractivity contribution is 8.24. The van der Waals surface area contributed by atoms with Crippen molar-refractivity contribution in [1.82, 2.24) is 9.97 Å². The van der Waals surface area contributed by atoms with Crippen molar-refractivity contribution in [3.8, 4) is 18.2 Å².